The summed E-state index contributed by atoms with van der Waals surface area (Å²) in [6.45, 7) is 10.6. The maximum absolute atomic E-state index is 6.29. The number of rotatable bonds is 3. The van der Waals surface area contributed by atoms with Gasteiger partial charge in [-0.2, -0.15) is 0 Å². The van der Waals surface area contributed by atoms with Gasteiger partial charge in [0, 0.05) is 5.56 Å². The molecule has 24 heavy (non-hydrogen) atoms. The topological polar surface area (TPSA) is 9.23 Å². The van der Waals surface area contributed by atoms with Crippen molar-refractivity contribution in [3.8, 4) is 22.6 Å². The van der Waals surface area contributed by atoms with Gasteiger partial charge in [0.2, 0.25) is 0 Å². The SMILES string of the molecule is Cc1ccc(Oc2ccc(C)cc2-c2ccc(C)cc2C)c(C)c1. The summed E-state index contributed by atoms with van der Waals surface area (Å²) in [5.74, 6) is 1.81. The number of benzene rings is 3. The minimum absolute atomic E-state index is 0.902. The van der Waals surface area contributed by atoms with Crippen molar-refractivity contribution in [3.63, 3.8) is 0 Å². The van der Waals surface area contributed by atoms with E-state index in [0.717, 1.165) is 22.6 Å². The normalized spacial score (nSPS) is 10.7. The highest BCUT2D eigenvalue weighted by Crippen LogP contribution is 2.37. The summed E-state index contributed by atoms with van der Waals surface area (Å²) >= 11 is 0. The first-order chi connectivity index (χ1) is 11.4. The third kappa shape index (κ3) is 3.35. The Kier molecular flexibility index (Phi) is 4.44. The van der Waals surface area contributed by atoms with E-state index in [1.54, 1.807) is 0 Å². The quantitative estimate of drug-likeness (QED) is 0.523. The first-order valence-corrected chi connectivity index (χ1v) is 8.37. The molecule has 0 unspecified atom stereocenters. The first-order valence-electron chi connectivity index (χ1n) is 8.37. The highest BCUT2D eigenvalue weighted by atomic mass is 16.5. The third-order valence-electron chi connectivity index (χ3n) is 4.36. The zero-order valence-electron chi connectivity index (χ0n) is 15.1. The Morgan fingerprint density at radius 2 is 1.04 bits per heavy atom. The fraction of sp³-hybridized carbons (Fsp3) is 0.217. The van der Waals surface area contributed by atoms with E-state index in [4.69, 9.17) is 4.74 Å². The standard InChI is InChI=1S/C23H24O/c1-15-6-9-20(18(4)12-15)21-14-17(3)8-11-23(21)24-22-10-7-16(2)13-19(22)5/h6-14H,1-5H3. The van der Waals surface area contributed by atoms with E-state index in [-0.39, 0.29) is 0 Å². The van der Waals surface area contributed by atoms with Crippen molar-refractivity contribution in [2.45, 2.75) is 34.6 Å². The van der Waals surface area contributed by atoms with Crippen molar-refractivity contribution in [3.05, 3.63) is 82.4 Å². The van der Waals surface area contributed by atoms with Gasteiger partial charge in [0.05, 0.1) is 0 Å². The molecule has 0 radical (unpaired) electrons. The molecule has 0 aromatic heterocycles. The number of ether oxygens (including phenoxy) is 1. The van der Waals surface area contributed by atoms with Crippen LogP contribution in [0.4, 0.5) is 0 Å². The van der Waals surface area contributed by atoms with Crippen molar-refractivity contribution in [2.24, 2.45) is 0 Å². The van der Waals surface area contributed by atoms with Gasteiger partial charge < -0.3 is 4.74 Å². The van der Waals surface area contributed by atoms with Crippen LogP contribution in [0, 0.1) is 34.6 Å². The molecule has 1 nitrogen and oxygen atoms in total. The van der Waals surface area contributed by atoms with E-state index in [0.29, 0.717) is 0 Å². The largest absolute Gasteiger partial charge is 0.456 e. The summed E-state index contributed by atoms with van der Waals surface area (Å²) in [6.07, 6.45) is 0. The van der Waals surface area contributed by atoms with Crippen LogP contribution in [-0.2, 0) is 0 Å². The maximum Gasteiger partial charge on any atom is 0.135 e. The van der Waals surface area contributed by atoms with Crippen LogP contribution >= 0.6 is 0 Å². The summed E-state index contributed by atoms with van der Waals surface area (Å²) in [7, 11) is 0. The zero-order valence-corrected chi connectivity index (χ0v) is 15.1. The summed E-state index contributed by atoms with van der Waals surface area (Å²) in [4.78, 5) is 0. The molecule has 0 aliphatic carbocycles. The van der Waals surface area contributed by atoms with Crippen molar-refractivity contribution in [1.29, 1.82) is 0 Å². The third-order valence-corrected chi connectivity index (χ3v) is 4.36. The molecule has 3 aromatic carbocycles. The first kappa shape index (κ1) is 16.3. The fourth-order valence-corrected chi connectivity index (χ4v) is 3.09. The van der Waals surface area contributed by atoms with Gasteiger partial charge in [-0.25, -0.2) is 0 Å². The lowest BCUT2D eigenvalue weighted by molar-refractivity contribution is 0.480. The van der Waals surface area contributed by atoms with Gasteiger partial charge in [0.25, 0.3) is 0 Å². The molecule has 0 saturated carbocycles. The van der Waals surface area contributed by atoms with Crippen LogP contribution in [0.2, 0.25) is 0 Å². The van der Waals surface area contributed by atoms with Crippen LogP contribution in [0.5, 0.6) is 11.5 Å². The highest BCUT2D eigenvalue weighted by molar-refractivity contribution is 5.74. The van der Waals surface area contributed by atoms with Crippen LogP contribution < -0.4 is 4.74 Å². The number of hydrogen-bond acceptors (Lipinski definition) is 1. The van der Waals surface area contributed by atoms with Crippen molar-refractivity contribution in [2.75, 3.05) is 0 Å². The van der Waals surface area contributed by atoms with E-state index >= 15 is 0 Å². The monoisotopic (exact) mass is 316 g/mol. The van der Waals surface area contributed by atoms with Crippen molar-refractivity contribution in [1.82, 2.24) is 0 Å². The van der Waals surface area contributed by atoms with E-state index in [9.17, 15) is 0 Å². The van der Waals surface area contributed by atoms with Gasteiger partial charge in [-0.1, -0.05) is 53.1 Å². The molecule has 0 fully saturated rings. The fourth-order valence-electron chi connectivity index (χ4n) is 3.09. The Bertz CT molecular complexity index is 891. The molecule has 3 aromatic rings. The minimum atomic E-state index is 0.902. The summed E-state index contributed by atoms with van der Waals surface area (Å²) in [6, 6.07) is 19.2. The van der Waals surface area contributed by atoms with Crippen molar-refractivity contribution < 1.29 is 4.74 Å². The van der Waals surface area contributed by atoms with Crippen LogP contribution in [0.3, 0.4) is 0 Å². The van der Waals surface area contributed by atoms with Gasteiger partial charge in [-0.05, 0) is 69.5 Å². The second-order valence-electron chi connectivity index (χ2n) is 6.69. The predicted octanol–water partition coefficient (Wildman–Crippen LogP) is 6.69. The predicted molar refractivity (Wildman–Crippen MR) is 102 cm³/mol. The molecule has 122 valence electrons. The Hall–Kier alpha value is -2.54. The molecule has 1 heteroatoms. The molecule has 0 saturated heterocycles. The zero-order chi connectivity index (χ0) is 17.3. The Morgan fingerprint density at radius 3 is 1.67 bits per heavy atom. The van der Waals surface area contributed by atoms with Crippen LogP contribution in [0.15, 0.2) is 54.6 Å². The summed E-state index contributed by atoms with van der Waals surface area (Å²) in [5.41, 5.74) is 8.56. The summed E-state index contributed by atoms with van der Waals surface area (Å²) < 4.78 is 6.29. The number of hydrogen-bond donors (Lipinski definition) is 0. The molecule has 0 bridgehead atoms. The number of aryl methyl sites for hydroxylation is 5. The average Bonchev–Trinajstić information content (AvgIpc) is 2.52. The lowest BCUT2D eigenvalue weighted by Gasteiger charge is -2.16. The van der Waals surface area contributed by atoms with Crippen LogP contribution in [0.25, 0.3) is 11.1 Å². The molecular formula is C23H24O. The molecule has 0 heterocycles. The van der Waals surface area contributed by atoms with E-state index < -0.39 is 0 Å². The summed E-state index contributed by atoms with van der Waals surface area (Å²) in [5, 5.41) is 0. The Balaban J connectivity index is 2.09. The molecule has 0 amide bonds. The maximum atomic E-state index is 6.29. The smallest absolute Gasteiger partial charge is 0.135 e. The highest BCUT2D eigenvalue weighted by Gasteiger charge is 2.11. The van der Waals surface area contributed by atoms with Crippen LogP contribution in [-0.4, -0.2) is 0 Å². The molecule has 0 spiro atoms. The second kappa shape index (κ2) is 6.52. The molecule has 3 rings (SSSR count). The van der Waals surface area contributed by atoms with Crippen molar-refractivity contribution >= 4 is 0 Å². The lowest BCUT2D eigenvalue weighted by Crippen LogP contribution is -1.93. The lowest BCUT2D eigenvalue weighted by atomic mass is 9.96. The van der Waals surface area contributed by atoms with Gasteiger partial charge in [-0.3, -0.25) is 0 Å². The molecule has 0 aliphatic heterocycles. The van der Waals surface area contributed by atoms with Gasteiger partial charge in [0.1, 0.15) is 11.5 Å². The van der Waals surface area contributed by atoms with E-state index in [1.807, 2.05) is 0 Å². The van der Waals surface area contributed by atoms with E-state index in [1.165, 1.54) is 27.8 Å². The van der Waals surface area contributed by atoms with Crippen LogP contribution in [0.1, 0.15) is 27.8 Å². The average molecular weight is 316 g/mol. The molecular weight excluding hydrogens is 292 g/mol. The molecule has 0 atom stereocenters. The second-order valence-corrected chi connectivity index (χ2v) is 6.69. The molecule has 0 N–H and O–H groups in total. The van der Waals surface area contributed by atoms with Gasteiger partial charge >= 0.3 is 0 Å². The van der Waals surface area contributed by atoms with Gasteiger partial charge in [0.15, 0.2) is 0 Å². The Labute approximate surface area is 144 Å². The van der Waals surface area contributed by atoms with Gasteiger partial charge in [-0.15, -0.1) is 0 Å². The Morgan fingerprint density at radius 1 is 0.500 bits per heavy atom. The van der Waals surface area contributed by atoms with E-state index in [2.05, 4.69) is 89.2 Å². The molecule has 0 aliphatic rings. The minimum Gasteiger partial charge on any atom is -0.456 e.